The van der Waals surface area contributed by atoms with E-state index >= 15 is 0 Å². The van der Waals surface area contributed by atoms with Crippen molar-refractivity contribution in [3.63, 3.8) is 0 Å². The molecular formula is C12H15FN2O4. The Morgan fingerprint density at radius 2 is 2.16 bits per heavy atom. The zero-order valence-corrected chi connectivity index (χ0v) is 10.6. The summed E-state index contributed by atoms with van der Waals surface area (Å²) < 4.78 is 17.9. The third kappa shape index (κ3) is 4.46. The summed E-state index contributed by atoms with van der Waals surface area (Å²) in [6.07, 6.45) is -0.148. The van der Waals surface area contributed by atoms with Gasteiger partial charge >= 0.3 is 12.0 Å². The second-order valence-corrected chi connectivity index (χ2v) is 3.84. The van der Waals surface area contributed by atoms with Gasteiger partial charge in [-0.05, 0) is 12.1 Å². The molecule has 1 rings (SSSR count). The van der Waals surface area contributed by atoms with Crippen LogP contribution in [0.5, 0.6) is 5.75 Å². The van der Waals surface area contributed by atoms with Gasteiger partial charge in [0.2, 0.25) is 0 Å². The molecule has 0 heterocycles. The Balaban J connectivity index is 2.68. The van der Waals surface area contributed by atoms with Crippen molar-refractivity contribution in [3.8, 4) is 5.75 Å². The van der Waals surface area contributed by atoms with Gasteiger partial charge in [-0.15, -0.1) is 0 Å². The molecule has 0 saturated heterocycles. The number of carbonyl (C=O) groups is 2. The van der Waals surface area contributed by atoms with Gasteiger partial charge in [-0.2, -0.15) is 0 Å². The van der Waals surface area contributed by atoms with E-state index in [4.69, 9.17) is 9.84 Å². The molecule has 0 radical (unpaired) electrons. The fourth-order valence-electron chi connectivity index (χ4n) is 1.34. The number of ether oxygens (including phenoxy) is 1. The van der Waals surface area contributed by atoms with Gasteiger partial charge in [0.1, 0.15) is 11.6 Å². The lowest BCUT2D eigenvalue weighted by molar-refractivity contribution is -0.137. The van der Waals surface area contributed by atoms with Gasteiger partial charge in [0.05, 0.1) is 19.2 Å². The largest absolute Gasteiger partial charge is 0.494 e. The van der Waals surface area contributed by atoms with Gasteiger partial charge in [-0.3, -0.25) is 4.79 Å². The first kappa shape index (κ1) is 14.7. The number of anilines is 1. The molecule has 104 valence electrons. The lowest BCUT2D eigenvalue weighted by Crippen LogP contribution is -2.33. The fourth-order valence-corrected chi connectivity index (χ4v) is 1.34. The zero-order chi connectivity index (χ0) is 14.4. The molecule has 0 aliphatic carbocycles. The molecule has 2 N–H and O–H groups in total. The van der Waals surface area contributed by atoms with Crippen molar-refractivity contribution in [2.45, 2.75) is 6.42 Å². The molecule has 6 nitrogen and oxygen atoms in total. The van der Waals surface area contributed by atoms with Crippen molar-refractivity contribution in [2.24, 2.45) is 0 Å². The highest BCUT2D eigenvalue weighted by Gasteiger charge is 2.13. The summed E-state index contributed by atoms with van der Waals surface area (Å²) in [5, 5.41) is 11.0. The van der Waals surface area contributed by atoms with Crippen molar-refractivity contribution in [1.29, 1.82) is 0 Å². The summed E-state index contributed by atoms with van der Waals surface area (Å²) in [6.45, 7) is 0.0741. The quantitative estimate of drug-likeness (QED) is 0.854. The number of nitrogens with zero attached hydrogens (tertiary/aromatic N) is 1. The molecule has 0 spiro atoms. The average Bonchev–Trinajstić information content (AvgIpc) is 2.37. The Morgan fingerprint density at radius 3 is 2.74 bits per heavy atom. The van der Waals surface area contributed by atoms with Crippen molar-refractivity contribution >= 4 is 17.7 Å². The molecule has 0 aromatic heterocycles. The highest BCUT2D eigenvalue weighted by molar-refractivity contribution is 5.91. The second-order valence-electron chi connectivity index (χ2n) is 3.84. The Labute approximate surface area is 109 Å². The summed E-state index contributed by atoms with van der Waals surface area (Å²) in [5.74, 6) is -1.27. The van der Waals surface area contributed by atoms with Crippen LogP contribution in [0.2, 0.25) is 0 Å². The van der Waals surface area contributed by atoms with E-state index in [0.717, 1.165) is 6.07 Å². The van der Waals surface area contributed by atoms with E-state index < -0.39 is 17.8 Å². The molecule has 19 heavy (non-hydrogen) atoms. The summed E-state index contributed by atoms with van der Waals surface area (Å²) in [7, 11) is 2.83. The van der Waals surface area contributed by atoms with Gasteiger partial charge in [0, 0.05) is 19.7 Å². The van der Waals surface area contributed by atoms with E-state index in [1.165, 1.54) is 31.2 Å². The average molecular weight is 270 g/mol. The van der Waals surface area contributed by atoms with Crippen molar-refractivity contribution in [2.75, 3.05) is 26.0 Å². The van der Waals surface area contributed by atoms with Crippen LogP contribution < -0.4 is 10.1 Å². The minimum Gasteiger partial charge on any atom is -0.494 e. The number of carboxylic acids is 1. The van der Waals surface area contributed by atoms with E-state index in [0.29, 0.717) is 5.69 Å². The monoisotopic (exact) mass is 270 g/mol. The fraction of sp³-hybridized carbons (Fsp3) is 0.333. The molecule has 0 aliphatic heterocycles. The number of amides is 2. The van der Waals surface area contributed by atoms with Gasteiger partial charge in [-0.1, -0.05) is 0 Å². The summed E-state index contributed by atoms with van der Waals surface area (Å²) in [6, 6.07) is 3.21. The first-order valence-electron chi connectivity index (χ1n) is 5.51. The molecule has 0 saturated carbocycles. The van der Waals surface area contributed by atoms with Crippen LogP contribution in [0.1, 0.15) is 6.42 Å². The topological polar surface area (TPSA) is 78.9 Å². The summed E-state index contributed by atoms with van der Waals surface area (Å²) in [4.78, 5) is 23.4. The molecule has 1 aromatic rings. The number of nitrogens with one attached hydrogen (secondary N) is 1. The maximum atomic E-state index is 13.0. The molecule has 0 unspecified atom stereocenters. The van der Waals surface area contributed by atoms with E-state index in [9.17, 15) is 14.0 Å². The van der Waals surface area contributed by atoms with Crippen LogP contribution in [0.15, 0.2) is 18.2 Å². The summed E-state index contributed by atoms with van der Waals surface area (Å²) >= 11 is 0. The molecular weight excluding hydrogens is 255 g/mol. The molecule has 2 amide bonds. The van der Waals surface area contributed by atoms with Gasteiger partial charge in [0.15, 0.2) is 0 Å². The molecule has 0 bridgehead atoms. The lowest BCUT2D eigenvalue weighted by Gasteiger charge is -2.18. The maximum absolute atomic E-state index is 13.0. The number of urea groups is 1. The number of methoxy groups -OCH3 is 1. The van der Waals surface area contributed by atoms with Gasteiger partial charge in [-0.25, -0.2) is 9.18 Å². The number of aliphatic carboxylic acids is 1. The van der Waals surface area contributed by atoms with Crippen molar-refractivity contribution < 1.29 is 23.8 Å². The third-order valence-electron chi connectivity index (χ3n) is 2.41. The maximum Gasteiger partial charge on any atom is 0.321 e. The number of rotatable bonds is 5. The van der Waals surface area contributed by atoms with Crippen LogP contribution in [0, 0.1) is 5.82 Å². The minimum atomic E-state index is -0.987. The number of carboxylic acid groups (broad SMARTS) is 1. The predicted molar refractivity (Wildman–Crippen MR) is 66.9 cm³/mol. The van der Waals surface area contributed by atoms with Gasteiger partial charge < -0.3 is 20.1 Å². The Bertz CT molecular complexity index is 479. The third-order valence-corrected chi connectivity index (χ3v) is 2.41. The Kier molecular flexibility index (Phi) is 5.11. The number of benzene rings is 1. The van der Waals surface area contributed by atoms with E-state index in [1.807, 2.05) is 0 Å². The van der Waals surface area contributed by atoms with Crippen LogP contribution >= 0.6 is 0 Å². The Morgan fingerprint density at radius 1 is 1.47 bits per heavy atom. The number of carbonyl (C=O) groups excluding carboxylic acids is 1. The highest BCUT2D eigenvalue weighted by Crippen LogP contribution is 2.25. The minimum absolute atomic E-state index is 0.0741. The summed E-state index contributed by atoms with van der Waals surface area (Å²) in [5.41, 5.74) is 0.316. The van der Waals surface area contributed by atoms with E-state index in [1.54, 1.807) is 0 Å². The van der Waals surface area contributed by atoms with E-state index in [2.05, 4.69) is 5.32 Å². The predicted octanol–water partition coefficient (Wildman–Crippen LogP) is 1.77. The first-order valence-corrected chi connectivity index (χ1v) is 5.51. The smallest absolute Gasteiger partial charge is 0.321 e. The number of halogens is 1. The lowest BCUT2D eigenvalue weighted by atomic mass is 10.3. The SMILES string of the molecule is COc1cc(F)ccc1NC(=O)N(C)CCC(=O)O. The van der Waals surface area contributed by atoms with Crippen LogP contribution in [-0.4, -0.2) is 42.7 Å². The van der Waals surface area contributed by atoms with Crippen LogP contribution in [0.3, 0.4) is 0 Å². The zero-order valence-electron chi connectivity index (χ0n) is 10.6. The first-order chi connectivity index (χ1) is 8.93. The highest BCUT2D eigenvalue weighted by atomic mass is 19.1. The van der Waals surface area contributed by atoms with Crippen LogP contribution in [0.4, 0.5) is 14.9 Å². The number of hydrogen-bond acceptors (Lipinski definition) is 3. The van der Waals surface area contributed by atoms with Crippen LogP contribution in [-0.2, 0) is 4.79 Å². The standard InChI is InChI=1S/C12H15FN2O4/c1-15(6-5-11(16)17)12(18)14-9-4-3-8(13)7-10(9)19-2/h3-4,7H,5-6H2,1-2H3,(H,14,18)(H,16,17). The molecule has 7 heteroatoms. The van der Waals surface area contributed by atoms with Crippen molar-refractivity contribution in [1.82, 2.24) is 4.90 Å². The second kappa shape index (κ2) is 6.58. The number of hydrogen-bond donors (Lipinski definition) is 2. The normalized spacial score (nSPS) is 9.84. The van der Waals surface area contributed by atoms with E-state index in [-0.39, 0.29) is 18.7 Å². The van der Waals surface area contributed by atoms with Crippen LogP contribution in [0.25, 0.3) is 0 Å². The van der Waals surface area contributed by atoms with Gasteiger partial charge in [0.25, 0.3) is 0 Å². The molecule has 1 aromatic carbocycles. The molecule has 0 aliphatic rings. The molecule has 0 fully saturated rings. The Hall–Kier alpha value is -2.31. The van der Waals surface area contributed by atoms with Crippen molar-refractivity contribution in [3.05, 3.63) is 24.0 Å². The molecule has 0 atom stereocenters.